The number of carbonyl (C=O) groups is 1. The summed E-state index contributed by atoms with van der Waals surface area (Å²) in [6.07, 6.45) is -0.686. The van der Waals surface area contributed by atoms with Gasteiger partial charge in [-0.25, -0.2) is 4.39 Å². The second-order valence-corrected chi connectivity index (χ2v) is 9.39. The fraction of sp³-hybridized carbons (Fsp3) is 0.385. The number of hydrogen-bond donors (Lipinski definition) is 2. The van der Waals surface area contributed by atoms with E-state index in [2.05, 4.69) is 10.3 Å². The zero-order valence-corrected chi connectivity index (χ0v) is 19.0. The standard InChI is InChI=1S/C26H25F4N3O2/c1-2-16(25(34)33-22-5-3-13(9-20(22)31)26(28,29)30)24-17-11-15(12-18(17)24)35-23-7-8-32-21-6-4-14(27)10-19(21)23/h3-10,15-18,24H,2,11-12,31H2,1H3,(H,33,34)/t15-,16?,17+,18-,24-. The number of ether oxygens (including phenoxy) is 1. The number of benzene rings is 2. The molecule has 0 spiro atoms. The number of nitrogens with zero attached hydrogens (tertiary/aromatic N) is 1. The third-order valence-electron chi connectivity index (χ3n) is 7.30. The number of carbonyl (C=O) groups excluding carboxylic acids is 1. The molecule has 2 aliphatic rings. The minimum atomic E-state index is -4.50. The summed E-state index contributed by atoms with van der Waals surface area (Å²) in [5, 5.41) is 3.35. The van der Waals surface area contributed by atoms with Crippen LogP contribution in [0, 0.1) is 29.5 Å². The molecule has 5 atom stereocenters. The van der Waals surface area contributed by atoms with Gasteiger partial charge in [-0.15, -0.1) is 0 Å². The van der Waals surface area contributed by atoms with Crippen LogP contribution in [0.5, 0.6) is 5.75 Å². The topological polar surface area (TPSA) is 77.2 Å². The smallest absolute Gasteiger partial charge is 0.416 e. The van der Waals surface area contributed by atoms with Crippen molar-refractivity contribution in [2.24, 2.45) is 23.7 Å². The quantitative estimate of drug-likeness (QED) is 0.328. The fourth-order valence-electron chi connectivity index (χ4n) is 5.62. The van der Waals surface area contributed by atoms with Crippen LogP contribution in [0.2, 0.25) is 0 Å². The maximum atomic E-state index is 13.7. The van der Waals surface area contributed by atoms with E-state index in [9.17, 15) is 22.4 Å². The van der Waals surface area contributed by atoms with E-state index in [1.807, 2.05) is 6.92 Å². The number of aromatic nitrogens is 1. The Bertz CT molecular complexity index is 1270. The summed E-state index contributed by atoms with van der Waals surface area (Å²) in [5.74, 6) is 0.628. The predicted molar refractivity (Wildman–Crippen MR) is 124 cm³/mol. The number of nitrogen functional groups attached to an aromatic ring is 1. The Morgan fingerprint density at radius 3 is 2.57 bits per heavy atom. The molecule has 1 unspecified atom stereocenters. The number of fused-ring (bicyclic) bond motifs is 2. The minimum absolute atomic E-state index is 0.0266. The number of halogens is 4. The van der Waals surface area contributed by atoms with Crippen LogP contribution in [0.4, 0.5) is 28.9 Å². The molecule has 3 N–H and O–H groups in total. The predicted octanol–water partition coefficient (Wildman–Crippen LogP) is 6.04. The van der Waals surface area contributed by atoms with Crippen LogP contribution >= 0.6 is 0 Å². The molecule has 35 heavy (non-hydrogen) atoms. The van der Waals surface area contributed by atoms with Gasteiger partial charge in [-0.3, -0.25) is 9.78 Å². The van der Waals surface area contributed by atoms with E-state index in [1.165, 1.54) is 18.2 Å². The lowest BCUT2D eigenvalue weighted by Crippen LogP contribution is -2.27. The number of anilines is 2. The maximum Gasteiger partial charge on any atom is 0.416 e. The zero-order chi connectivity index (χ0) is 24.9. The molecular weight excluding hydrogens is 462 g/mol. The first kappa shape index (κ1) is 23.4. The molecule has 5 nitrogen and oxygen atoms in total. The average Bonchev–Trinajstić information content (AvgIpc) is 3.27. The number of nitrogens with one attached hydrogen (secondary N) is 1. The third kappa shape index (κ3) is 4.51. The highest BCUT2D eigenvalue weighted by molar-refractivity contribution is 5.95. The van der Waals surface area contributed by atoms with Gasteiger partial charge in [0, 0.05) is 17.5 Å². The molecule has 184 valence electrons. The van der Waals surface area contributed by atoms with Gasteiger partial charge in [-0.2, -0.15) is 13.2 Å². The van der Waals surface area contributed by atoms with E-state index in [-0.39, 0.29) is 41.0 Å². The summed E-state index contributed by atoms with van der Waals surface area (Å²) >= 11 is 0. The van der Waals surface area contributed by atoms with E-state index >= 15 is 0 Å². The van der Waals surface area contributed by atoms with Crippen LogP contribution in [0.25, 0.3) is 10.9 Å². The van der Waals surface area contributed by atoms with Gasteiger partial charge in [0.25, 0.3) is 0 Å². The normalized spacial score (nSPS) is 24.1. The Morgan fingerprint density at radius 2 is 1.91 bits per heavy atom. The monoisotopic (exact) mass is 487 g/mol. The van der Waals surface area contributed by atoms with Crippen molar-refractivity contribution >= 4 is 28.2 Å². The van der Waals surface area contributed by atoms with Gasteiger partial charge < -0.3 is 15.8 Å². The van der Waals surface area contributed by atoms with Crippen molar-refractivity contribution in [3.05, 3.63) is 60.0 Å². The fourth-order valence-corrected chi connectivity index (χ4v) is 5.62. The van der Waals surface area contributed by atoms with E-state index < -0.39 is 11.7 Å². The SMILES string of the molecule is CCC(C(=O)Nc1ccc(C(F)(F)F)cc1N)[C@H]1[C@@H]2C[C@H](Oc3ccnc4ccc(F)cc34)C[C@@H]21. The van der Waals surface area contributed by atoms with Crippen LogP contribution < -0.4 is 15.8 Å². The Balaban J connectivity index is 1.22. The molecule has 2 aliphatic carbocycles. The summed E-state index contributed by atoms with van der Waals surface area (Å²) in [7, 11) is 0. The molecule has 2 fully saturated rings. The summed E-state index contributed by atoms with van der Waals surface area (Å²) in [5.41, 5.74) is 5.65. The Hall–Kier alpha value is -3.36. The van der Waals surface area contributed by atoms with Gasteiger partial charge in [-0.1, -0.05) is 6.92 Å². The average molecular weight is 487 g/mol. The second kappa shape index (κ2) is 8.70. The largest absolute Gasteiger partial charge is 0.490 e. The number of rotatable bonds is 6. The minimum Gasteiger partial charge on any atom is -0.490 e. The molecule has 2 saturated carbocycles. The maximum absolute atomic E-state index is 13.7. The summed E-state index contributed by atoms with van der Waals surface area (Å²) in [6.45, 7) is 1.93. The van der Waals surface area contributed by atoms with E-state index in [0.717, 1.165) is 25.0 Å². The van der Waals surface area contributed by atoms with Crippen LogP contribution in [0.1, 0.15) is 31.7 Å². The molecule has 0 radical (unpaired) electrons. The zero-order valence-electron chi connectivity index (χ0n) is 19.0. The van der Waals surface area contributed by atoms with Crippen molar-refractivity contribution in [2.45, 2.75) is 38.5 Å². The van der Waals surface area contributed by atoms with Crippen LogP contribution in [0.3, 0.4) is 0 Å². The molecule has 0 bridgehead atoms. The van der Waals surface area contributed by atoms with E-state index in [4.69, 9.17) is 10.5 Å². The van der Waals surface area contributed by atoms with Crippen molar-refractivity contribution in [2.75, 3.05) is 11.1 Å². The van der Waals surface area contributed by atoms with E-state index in [1.54, 1.807) is 18.3 Å². The second-order valence-electron chi connectivity index (χ2n) is 9.39. The van der Waals surface area contributed by atoms with Crippen LogP contribution in [-0.2, 0) is 11.0 Å². The van der Waals surface area contributed by atoms with Crippen molar-refractivity contribution in [3.8, 4) is 5.75 Å². The van der Waals surface area contributed by atoms with Gasteiger partial charge >= 0.3 is 6.18 Å². The van der Waals surface area contributed by atoms with Crippen molar-refractivity contribution in [3.63, 3.8) is 0 Å². The molecule has 0 saturated heterocycles. The molecule has 9 heteroatoms. The third-order valence-corrected chi connectivity index (χ3v) is 7.30. The molecule has 1 amide bonds. The number of hydrogen-bond acceptors (Lipinski definition) is 4. The van der Waals surface area contributed by atoms with Crippen molar-refractivity contribution < 1.29 is 27.1 Å². The number of pyridine rings is 1. The van der Waals surface area contributed by atoms with Gasteiger partial charge in [0.15, 0.2) is 0 Å². The number of amides is 1. The molecule has 2 aromatic carbocycles. The van der Waals surface area contributed by atoms with Crippen molar-refractivity contribution in [1.29, 1.82) is 0 Å². The highest BCUT2D eigenvalue weighted by Crippen LogP contribution is 2.62. The molecule has 1 heterocycles. The highest BCUT2D eigenvalue weighted by atomic mass is 19.4. The first-order valence-corrected chi connectivity index (χ1v) is 11.6. The number of nitrogens with two attached hydrogens (primary N) is 1. The Morgan fingerprint density at radius 1 is 1.17 bits per heavy atom. The molecular formula is C26H25F4N3O2. The summed E-state index contributed by atoms with van der Waals surface area (Å²) in [4.78, 5) is 17.2. The lowest BCUT2D eigenvalue weighted by Gasteiger charge is -2.22. The van der Waals surface area contributed by atoms with Crippen LogP contribution in [0.15, 0.2) is 48.7 Å². The van der Waals surface area contributed by atoms with Gasteiger partial charge in [0.1, 0.15) is 11.6 Å². The van der Waals surface area contributed by atoms with Crippen molar-refractivity contribution in [1.82, 2.24) is 4.98 Å². The Kier molecular flexibility index (Phi) is 5.81. The summed E-state index contributed by atoms with van der Waals surface area (Å²) < 4.78 is 58.6. The first-order chi connectivity index (χ1) is 16.7. The molecule has 1 aromatic heterocycles. The number of alkyl halides is 3. The molecule has 0 aliphatic heterocycles. The Labute approximate surface area is 199 Å². The molecule has 5 rings (SSSR count). The molecule has 3 aromatic rings. The van der Waals surface area contributed by atoms with E-state index in [0.29, 0.717) is 34.9 Å². The highest BCUT2D eigenvalue weighted by Gasteiger charge is 2.60. The lowest BCUT2D eigenvalue weighted by molar-refractivity contribution is -0.137. The first-order valence-electron chi connectivity index (χ1n) is 11.6. The van der Waals surface area contributed by atoms with Gasteiger partial charge in [0.05, 0.1) is 28.6 Å². The van der Waals surface area contributed by atoms with Gasteiger partial charge in [0.2, 0.25) is 5.91 Å². The van der Waals surface area contributed by atoms with Gasteiger partial charge in [-0.05, 0) is 79.5 Å². The lowest BCUT2D eigenvalue weighted by atomic mass is 9.92. The van der Waals surface area contributed by atoms with Crippen LogP contribution in [-0.4, -0.2) is 17.0 Å². The summed E-state index contributed by atoms with van der Waals surface area (Å²) in [6, 6.07) is 9.08.